The summed E-state index contributed by atoms with van der Waals surface area (Å²) in [6.45, 7) is 4.58. The van der Waals surface area contributed by atoms with Crippen LogP contribution in [0.1, 0.15) is 30.3 Å². The first-order valence-corrected chi connectivity index (χ1v) is 7.28. The number of hydrogen-bond donors (Lipinski definition) is 1. The molecule has 0 saturated carbocycles. The summed E-state index contributed by atoms with van der Waals surface area (Å²) in [5.74, 6) is 0.815. The van der Waals surface area contributed by atoms with Crippen LogP contribution in [0.15, 0.2) is 18.2 Å². The van der Waals surface area contributed by atoms with Crippen molar-refractivity contribution in [1.29, 1.82) is 0 Å². The normalized spacial score (nSPS) is 18.6. The zero-order chi connectivity index (χ0) is 14.5. The summed E-state index contributed by atoms with van der Waals surface area (Å²) in [4.78, 5) is 20.9. The van der Waals surface area contributed by atoms with Crippen LogP contribution in [-0.2, 0) is 0 Å². The molecule has 1 N–H and O–H groups in total. The lowest BCUT2D eigenvalue weighted by atomic mass is 10.2. The van der Waals surface area contributed by atoms with Crippen LogP contribution in [0.25, 0.3) is 0 Å². The molecule has 1 aliphatic rings. The van der Waals surface area contributed by atoms with E-state index in [9.17, 15) is 4.79 Å². The van der Waals surface area contributed by atoms with Gasteiger partial charge in [-0.05, 0) is 39.1 Å². The number of anilines is 1. The predicted molar refractivity (Wildman–Crippen MR) is 81.0 cm³/mol. The third-order valence-corrected chi connectivity index (χ3v) is 3.71. The largest absolute Gasteiger partial charge is 0.370 e. The molecule has 1 unspecified atom stereocenters. The molecule has 5 nitrogen and oxygen atoms in total. The highest BCUT2D eigenvalue weighted by Gasteiger charge is 2.28. The number of hydrogen-bond acceptors (Lipinski definition) is 4. The SMILES string of the molecule is CCCNc1cccc(C(=O)N2CCC(N(C)C)C2)n1. The Hall–Kier alpha value is -1.62. The van der Waals surface area contributed by atoms with Crippen LogP contribution in [0.4, 0.5) is 5.82 Å². The number of likely N-dealkylation sites (N-methyl/N-ethyl adjacent to an activating group) is 1. The molecule has 0 aliphatic carbocycles. The monoisotopic (exact) mass is 276 g/mol. The van der Waals surface area contributed by atoms with Crippen LogP contribution < -0.4 is 5.32 Å². The molecule has 0 aromatic carbocycles. The lowest BCUT2D eigenvalue weighted by Gasteiger charge is -2.20. The molecule has 2 rings (SSSR count). The molecule has 1 saturated heterocycles. The molecule has 0 spiro atoms. The summed E-state index contributed by atoms with van der Waals surface area (Å²) in [6, 6.07) is 6.04. The quantitative estimate of drug-likeness (QED) is 0.889. The van der Waals surface area contributed by atoms with Crippen LogP contribution in [0.5, 0.6) is 0 Å². The molecule has 1 aromatic rings. The van der Waals surface area contributed by atoms with Crippen molar-refractivity contribution in [2.75, 3.05) is 39.0 Å². The van der Waals surface area contributed by atoms with Gasteiger partial charge in [-0.25, -0.2) is 4.98 Å². The molecule has 1 aliphatic heterocycles. The zero-order valence-electron chi connectivity index (χ0n) is 12.6. The van der Waals surface area contributed by atoms with Gasteiger partial charge in [-0.3, -0.25) is 4.79 Å². The standard InChI is InChI=1S/C15H24N4O/c1-4-9-16-14-7-5-6-13(17-14)15(20)19-10-8-12(11-19)18(2)3/h5-7,12H,4,8-11H2,1-3H3,(H,16,17). The Balaban J connectivity index is 2.02. The number of carbonyl (C=O) groups excluding carboxylic acids is 1. The van der Waals surface area contributed by atoms with Crippen LogP contribution in [0.2, 0.25) is 0 Å². The first kappa shape index (κ1) is 14.8. The summed E-state index contributed by atoms with van der Waals surface area (Å²) in [5, 5.41) is 3.22. The highest BCUT2D eigenvalue weighted by Crippen LogP contribution is 2.16. The summed E-state index contributed by atoms with van der Waals surface area (Å²) in [5.41, 5.74) is 0.533. The summed E-state index contributed by atoms with van der Waals surface area (Å²) in [7, 11) is 4.12. The second-order valence-electron chi connectivity index (χ2n) is 5.49. The van der Waals surface area contributed by atoms with Crippen LogP contribution in [0, 0.1) is 0 Å². The van der Waals surface area contributed by atoms with Gasteiger partial charge in [0.05, 0.1) is 0 Å². The second kappa shape index (κ2) is 6.70. The van der Waals surface area contributed by atoms with E-state index in [1.165, 1.54) is 0 Å². The fraction of sp³-hybridized carbons (Fsp3) is 0.600. The maximum absolute atomic E-state index is 12.5. The first-order chi connectivity index (χ1) is 9.61. The van der Waals surface area contributed by atoms with Crippen molar-refractivity contribution in [1.82, 2.24) is 14.8 Å². The average Bonchev–Trinajstić information content (AvgIpc) is 2.94. The van der Waals surface area contributed by atoms with Crippen LogP contribution in [0.3, 0.4) is 0 Å². The number of nitrogens with zero attached hydrogens (tertiary/aromatic N) is 3. The molecule has 5 heteroatoms. The fourth-order valence-corrected chi connectivity index (χ4v) is 2.42. The van der Waals surface area contributed by atoms with Gasteiger partial charge in [0, 0.05) is 25.7 Å². The van der Waals surface area contributed by atoms with Gasteiger partial charge in [0.1, 0.15) is 11.5 Å². The Morgan fingerprint density at radius 1 is 1.50 bits per heavy atom. The molecule has 0 radical (unpaired) electrons. The van der Waals surface area contributed by atoms with Gasteiger partial charge < -0.3 is 15.1 Å². The summed E-state index contributed by atoms with van der Waals surface area (Å²) >= 11 is 0. The van der Waals surface area contributed by atoms with Crippen molar-refractivity contribution in [3.8, 4) is 0 Å². The minimum Gasteiger partial charge on any atom is -0.370 e. The van der Waals surface area contributed by atoms with Gasteiger partial charge in [-0.15, -0.1) is 0 Å². The Bertz CT molecular complexity index is 461. The minimum absolute atomic E-state index is 0.0366. The molecule has 1 atom stereocenters. The third kappa shape index (κ3) is 3.48. The number of nitrogens with one attached hydrogen (secondary N) is 1. The van der Waals surface area contributed by atoms with E-state index < -0.39 is 0 Å². The highest BCUT2D eigenvalue weighted by molar-refractivity contribution is 5.92. The summed E-state index contributed by atoms with van der Waals surface area (Å²) in [6.07, 6.45) is 2.07. The van der Waals surface area contributed by atoms with Crippen LogP contribution >= 0.6 is 0 Å². The molecule has 1 amide bonds. The predicted octanol–water partition coefficient (Wildman–Crippen LogP) is 1.68. The highest BCUT2D eigenvalue weighted by atomic mass is 16.2. The second-order valence-corrected chi connectivity index (χ2v) is 5.49. The zero-order valence-corrected chi connectivity index (χ0v) is 12.6. The molecule has 1 fully saturated rings. The Morgan fingerprint density at radius 2 is 2.30 bits per heavy atom. The van der Waals surface area contributed by atoms with Crippen molar-refractivity contribution >= 4 is 11.7 Å². The lowest BCUT2D eigenvalue weighted by molar-refractivity contribution is 0.0777. The van der Waals surface area contributed by atoms with Gasteiger partial charge in [0.2, 0.25) is 0 Å². The Kier molecular flexibility index (Phi) is 4.95. The maximum Gasteiger partial charge on any atom is 0.272 e. The molecule has 2 heterocycles. The smallest absolute Gasteiger partial charge is 0.272 e. The maximum atomic E-state index is 12.5. The van der Waals surface area contributed by atoms with Gasteiger partial charge in [0.15, 0.2) is 0 Å². The number of pyridine rings is 1. The number of likely N-dealkylation sites (tertiary alicyclic amines) is 1. The van der Waals surface area contributed by atoms with Crippen molar-refractivity contribution in [2.45, 2.75) is 25.8 Å². The molecular formula is C15H24N4O. The first-order valence-electron chi connectivity index (χ1n) is 7.28. The van der Waals surface area contributed by atoms with Crippen molar-refractivity contribution in [3.05, 3.63) is 23.9 Å². The van der Waals surface area contributed by atoms with Gasteiger partial charge >= 0.3 is 0 Å². The van der Waals surface area contributed by atoms with Crippen molar-refractivity contribution in [3.63, 3.8) is 0 Å². The molecule has 0 bridgehead atoms. The van der Waals surface area contributed by atoms with E-state index in [0.29, 0.717) is 11.7 Å². The van der Waals surface area contributed by atoms with Crippen LogP contribution in [-0.4, -0.2) is 60.5 Å². The number of rotatable bonds is 5. The lowest BCUT2D eigenvalue weighted by Crippen LogP contribution is -2.34. The van der Waals surface area contributed by atoms with Gasteiger partial charge in [-0.2, -0.15) is 0 Å². The average molecular weight is 276 g/mol. The third-order valence-electron chi connectivity index (χ3n) is 3.71. The number of carbonyl (C=O) groups is 1. The molecule has 1 aromatic heterocycles. The topological polar surface area (TPSA) is 48.5 Å². The molecule has 20 heavy (non-hydrogen) atoms. The van der Waals surface area contributed by atoms with Gasteiger partial charge in [-0.1, -0.05) is 13.0 Å². The van der Waals surface area contributed by atoms with Crippen molar-refractivity contribution < 1.29 is 4.79 Å². The number of amides is 1. The van der Waals surface area contributed by atoms with Crippen molar-refractivity contribution in [2.24, 2.45) is 0 Å². The minimum atomic E-state index is 0.0366. The van der Waals surface area contributed by atoms with Gasteiger partial charge in [0.25, 0.3) is 5.91 Å². The Labute approximate surface area is 121 Å². The molecular weight excluding hydrogens is 252 g/mol. The van der Waals surface area contributed by atoms with E-state index >= 15 is 0 Å². The van der Waals surface area contributed by atoms with E-state index in [0.717, 1.165) is 38.3 Å². The fourth-order valence-electron chi connectivity index (χ4n) is 2.42. The van der Waals surface area contributed by atoms with E-state index in [-0.39, 0.29) is 5.91 Å². The number of aromatic nitrogens is 1. The van der Waals surface area contributed by atoms with E-state index in [2.05, 4.69) is 36.2 Å². The van der Waals surface area contributed by atoms with E-state index in [1.54, 1.807) is 6.07 Å². The summed E-state index contributed by atoms with van der Waals surface area (Å²) < 4.78 is 0. The molecule has 110 valence electrons. The van der Waals surface area contributed by atoms with E-state index in [1.807, 2.05) is 17.0 Å². The Morgan fingerprint density at radius 3 is 2.95 bits per heavy atom. The van der Waals surface area contributed by atoms with E-state index in [4.69, 9.17) is 0 Å².